The largest absolute Gasteiger partial charge is 0.483 e. The van der Waals surface area contributed by atoms with Gasteiger partial charge in [-0.15, -0.1) is 6.58 Å². The third-order valence-corrected chi connectivity index (χ3v) is 5.88. The van der Waals surface area contributed by atoms with Gasteiger partial charge in [0, 0.05) is 0 Å². The van der Waals surface area contributed by atoms with Crippen molar-refractivity contribution in [3.05, 3.63) is 12.2 Å². The lowest BCUT2D eigenvalue weighted by atomic mass is 10.1. The molecule has 0 saturated carbocycles. The Hall–Kier alpha value is -0.0000000000000000416. The van der Waals surface area contributed by atoms with Crippen molar-refractivity contribution < 1.29 is 32.3 Å². The summed E-state index contributed by atoms with van der Waals surface area (Å²) in [5, 5.41) is 0. The molecular weight excluding hydrogens is 354 g/mol. The lowest BCUT2D eigenvalue weighted by Gasteiger charge is -2.18. The molecule has 0 aromatic carbocycles. The molecule has 0 spiro atoms. The summed E-state index contributed by atoms with van der Waals surface area (Å²) in [5.74, 6) is 0. The molecule has 0 fully saturated rings. The molecule has 0 rings (SSSR count). The highest BCUT2D eigenvalue weighted by molar-refractivity contribution is 7.61. The summed E-state index contributed by atoms with van der Waals surface area (Å²) in [6.45, 7) is 7.64. The summed E-state index contributed by atoms with van der Waals surface area (Å²) in [6, 6.07) is 0. The molecule has 0 aliphatic carbocycles. The lowest BCUT2D eigenvalue weighted by molar-refractivity contribution is 0.139. The van der Waals surface area contributed by atoms with E-state index in [2.05, 4.69) is 17.8 Å². The van der Waals surface area contributed by atoms with E-state index in [0.717, 1.165) is 24.8 Å². The summed E-state index contributed by atoms with van der Waals surface area (Å²) in [7, 11) is -9.24. The first-order valence-electron chi connectivity index (χ1n) is 8.49. The number of phosphoric ester groups is 1. The predicted molar refractivity (Wildman–Crippen MR) is 94.7 cm³/mol. The molecule has 0 heterocycles. The normalized spacial score (nSPS) is 14.5. The van der Waals surface area contributed by atoms with Crippen LogP contribution in [0.4, 0.5) is 0 Å². The second-order valence-corrected chi connectivity index (χ2v) is 8.91. The van der Waals surface area contributed by atoms with Crippen LogP contribution in [0, 0.1) is 0 Å². The lowest BCUT2D eigenvalue weighted by Crippen LogP contribution is -2.02. The van der Waals surface area contributed by atoms with E-state index >= 15 is 0 Å². The molecule has 0 aromatic heterocycles. The zero-order chi connectivity index (χ0) is 18.5. The minimum Gasteiger partial charge on any atom is -0.302 e. The Bertz CT molecular complexity index is 434. The van der Waals surface area contributed by atoms with Gasteiger partial charge in [0.15, 0.2) is 0 Å². The molecule has 7 nitrogen and oxygen atoms in total. The summed E-state index contributed by atoms with van der Waals surface area (Å²) in [5.41, 5.74) is 0.792. The van der Waals surface area contributed by atoms with E-state index in [9.17, 15) is 9.13 Å². The minimum absolute atomic E-state index is 0.0377. The van der Waals surface area contributed by atoms with Crippen LogP contribution in [0.5, 0.6) is 0 Å². The summed E-state index contributed by atoms with van der Waals surface area (Å²) in [4.78, 5) is 17.7. The SMILES string of the molecule is C=C(C)CCOP(=O)(OCCCCCCCCCC)OP(=O)(O)O. The predicted octanol–water partition coefficient (Wildman–Crippen LogP) is 5.34. The average molecular weight is 386 g/mol. The van der Waals surface area contributed by atoms with Crippen LogP contribution in [0.2, 0.25) is 0 Å². The van der Waals surface area contributed by atoms with Gasteiger partial charge >= 0.3 is 15.6 Å². The van der Waals surface area contributed by atoms with Crippen LogP contribution in [0.15, 0.2) is 12.2 Å². The molecule has 0 aliphatic rings. The first kappa shape index (κ1) is 24.0. The number of phosphoric acid groups is 2. The fourth-order valence-electron chi connectivity index (χ4n) is 1.96. The van der Waals surface area contributed by atoms with Gasteiger partial charge in [-0.1, -0.05) is 57.4 Å². The van der Waals surface area contributed by atoms with Gasteiger partial charge in [0.25, 0.3) is 0 Å². The standard InChI is InChI=1S/C15H32O7P2/c1-4-5-6-7-8-9-10-11-13-20-24(19,22-23(16,17)18)21-14-12-15(2)3/h2,4-14H2,1,3H3,(H2,16,17,18). The van der Waals surface area contributed by atoms with E-state index in [1.54, 1.807) is 6.92 Å². The Balaban J connectivity index is 4.06. The summed E-state index contributed by atoms with van der Waals surface area (Å²) in [6.07, 6.45) is 9.05. The van der Waals surface area contributed by atoms with Crippen molar-refractivity contribution in [1.82, 2.24) is 0 Å². The van der Waals surface area contributed by atoms with Crippen molar-refractivity contribution in [3.8, 4) is 0 Å². The molecule has 144 valence electrons. The Morgan fingerprint density at radius 1 is 0.917 bits per heavy atom. The molecule has 0 aliphatic heterocycles. The van der Waals surface area contributed by atoms with Crippen molar-refractivity contribution in [2.45, 2.75) is 71.6 Å². The van der Waals surface area contributed by atoms with Crippen LogP contribution in [0.3, 0.4) is 0 Å². The van der Waals surface area contributed by atoms with Crippen LogP contribution >= 0.6 is 15.6 Å². The summed E-state index contributed by atoms with van der Waals surface area (Å²) < 4.78 is 37.4. The van der Waals surface area contributed by atoms with E-state index in [4.69, 9.17) is 18.8 Å². The van der Waals surface area contributed by atoms with E-state index in [-0.39, 0.29) is 13.2 Å². The van der Waals surface area contributed by atoms with Gasteiger partial charge in [0.05, 0.1) is 13.2 Å². The van der Waals surface area contributed by atoms with Crippen molar-refractivity contribution in [2.24, 2.45) is 0 Å². The fraction of sp³-hybridized carbons (Fsp3) is 0.867. The second-order valence-electron chi connectivity index (χ2n) is 5.87. The third-order valence-electron chi connectivity index (χ3n) is 3.23. The Kier molecular flexibility index (Phi) is 13.2. The molecule has 1 atom stereocenters. The van der Waals surface area contributed by atoms with E-state index in [1.165, 1.54) is 25.7 Å². The molecule has 0 aromatic rings. The molecular formula is C15H32O7P2. The van der Waals surface area contributed by atoms with Gasteiger partial charge < -0.3 is 9.79 Å². The molecule has 0 radical (unpaired) electrons. The maximum Gasteiger partial charge on any atom is 0.483 e. The molecule has 0 amide bonds. The number of rotatable bonds is 16. The van der Waals surface area contributed by atoms with Gasteiger partial charge in [-0.3, -0.25) is 9.05 Å². The van der Waals surface area contributed by atoms with Crippen LogP contribution in [-0.4, -0.2) is 23.0 Å². The quantitative estimate of drug-likeness (QED) is 0.210. The van der Waals surface area contributed by atoms with Gasteiger partial charge in [0.2, 0.25) is 0 Å². The minimum atomic E-state index is -4.96. The Labute approximate surface area is 145 Å². The topological polar surface area (TPSA) is 102 Å². The molecule has 0 saturated heterocycles. The number of unbranched alkanes of at least 4 members (excludes halogenated alkanes) is 7. The van der Waals surface area contributed by atoms with Crippen molar-refractivity contribution >= 4 is 15.6 Å². The van der Waals surface area contributed by atoms with E-state index in [1.807, 2.05) is 0 Å². The number of hydrogen-bond donors (Lipinski definition) is 2. The van der Waals surface area contributed by atoms with Crippen molar-refractivity contribution in [2.75, 3.05) is 13.2 Å². The molecule has 1 unspecified atom stereocenters. The highest BCUT2D eigenvalue weighted by Crippen LogP contribution is 2.61. The highest BCUT2D eigenvalue weighted by Gasteiger charge is 2.35. The average Bonchev–Trinajstić information content (AvgIpc) is 2.43. The highest BCUT2D eigenvalue weighted by atomic mass is 31.3. The van der Waals surface area contributed by atoms with Gasteiger partial charge in [0.1, 0.15) is 0 Å². The van der Waals surface area contributed by atoms with Crippen LogP contribution in [0.1, 0.15) is 71.6 Å². The van der Waals surface area contributed by atoms with Crippen LogP contribution < -0.4 is 0 Å². The first-order valence-corrected chi connectivity index (χ1v) is 11.5. The van der Waals surface area contributed by atoms with E-state index < -0.39 is 15.6 Å². The molecule has 0 bridgehead atoms. The first-order chi connectivity index (χ1) is 11.2. The fourth-order valence-corrected chi connectivity index (χ4v) is 4.12. The second kappa shape index (κ2) is 13.2. The third kappa shape index (κ3) is 15.5. The zero-order valence-electron chi connectivity index (χ0n) is 14.8. The number of hydrogen-bond acceptors (Lipinski definition) is 5. The molecule has 24 heavy (non-hydrogen) atoms. The van der Waals surface area contributed by atoms with E-state index in [0.29, 0.717) is 12.8 Å². The van der Waals surface area contributed by atoms with Gasteiger partial charge in [-0.25, -0.2) is 9.13 Å². The molecule has 9 heteroatoms. The smallest absolute Gasteiger partial charge is 0.302 e. The van der Waals surface area contributed by atoms with Crippen LogP contribution in [0.25, 0.3) is 0 Å². The summed E-state index contributed by atoms with van der Waals surface area (Å²) >= 11 is 0. The van der Waals surface area contributed by atoms with Crippen molar-refractivity contribution in [1.29, 1.82) is 0 Å². The van der Waals surface area contributed by atoms with Crippen LogP contribution in [-0.2, 0) is 22.5 Å². The zero-order valence-corrected chi connectivity index (χ0v) is 16.6. The maximum atomic E-state index is 12.2. The molecule has 2 N–H and O–H groups in total. The maximum absolute atomic E-state index is 12.2. The monoisotopic (exact) mass is 386 g/mol. The van der Waals surface area contributed by atoms with Crippen molar-refractivity contribution in [3.63, 3.8) is 0 Å². The van der Waals surface area contributed by atoms with Gasteiger partial charge in [-0.2, -0.15) is 4.31 Å². The Morgan fingerprint density at radius 2 is 1.42 bits per heavy atom. The van der Waals surface area contributed by atoms with Gasteiger partial charge in [-0.05, 0) is 19.8 Å². The Morgan fingerprint density at radius 3 is 1.92 bits per heavy atom.